The molecule has 0 aliphatic heterocycles. The van der Waals surface area contributed by atoms with Crippen LogP contribution in [0.2, 0.25) is 5.02 Å². The molecule has 0 aromatic heterocycles. The molecule has 0 bridgehead atoms. The maximum absolute atomic E-state index is 9.62. The second-order valence-electron chi connectivity index (χ2n) is 4.68. The molecule has 4 nitrogen and oxygen atoms in total. The highest BCUT2D eigenvalue weighted by Crippen LogP contribution is 2.39. The van der Waals surface area contributed by atoms with Crippen molar-refractivity contribution < 1.29 is 14.9 Å². The van der Waals surface area contributed by atoms with Crippen molar-refractivity contribution in [2.45, 2.75) is 19.9 Å². The van der Waals surface area contributed by atoms with Crippen LogP contribution in [-0.2, 0) is 0 Å². The molecular formula is C12H19Cl2NO3. The molecule has 0 fully saturated rings. The maximum Gasteiger partial charge on any atom is 0.176 e. The Kier molecular flexibility index (Phi) is 6.23. The zero-order chi connectivity index (χ0) is 13.2. The van der Waals surface area contributed by atoms with Crippen LogP contribution in [0.15, 0.2) is 12.1 Å². The van der Waals surface area contributed by atoms with E-state index in [0.717, 1.165) is 0 Å². The lowest BCUT2D eigenvalue weighted by molar-refractivity contribution is 0.132. The third-order valence-electron chi connectivity index (χ3n) is 2.88. The number of aliphatic hydroxyl groups is 1. The molecule has 0 heterocycles. The van der Waals surface area contributed by atoms with E-state index in [-0.39, 0.29) is 35.5 Å². The largest absolute Gasteiger partial charge is 0.503 e. The summed E-state index contributed by atoms with van der Waals surface area (Å²) in [5.74, 6) is 0.170. The van der Waals surface area contributed by atoms with Crippen LogP contribution in [0.3, 0.4) is 0 Å². The lowest BCUT2D eigenvalue weighted by Gasteiger charge is -2.30. The Morgan fingerprint density at radius 2 is 2.00 bits per heavy atom. The third-order valence-corrected chi connectivity index (χ3v) is 3.17. The van der Waals surface area contributed by atoms with Gasteiger partial charge in [-0.2, -0.15) is 0 Å². The first-order chi connectivity index (χ1) is 7.83. The van der Waals surface area contributed by atoms with Crippen LogP contribution >= 0.6 is 24.0 Å². The molecule has 1 atom stereocenters. The predicted octanol–water partition coefficient (Wildman–Crippen LogP) is 2.49. The number of aliphatic hydroxyl groups excluding tert-OH is 1. The minimum atomic E-state index is -0.481. The van der Waals surface area contributed by atoms with Crippen molar-refractivity contribution in [1.82, 2.24) is 0 Å². The van der Waals surface area contributed by atoms with Gasteiger partial charge in [-0.1, -0.05) is 25.4 Å². The molecule has 0 aliphatic carbocycles. The summed E-state index contributed by atoms with van der Waals surface area (Å²) < 4.78 is 5.01. The van der Waals surface area contributed by atoms with E-state index in [1.807, 2.05) is 13.8 Å². The predicted molar refractivity (Wildman–Crippen MR) is 74.7 cm³/mol. The van der Waals surface area contributed by atoms with Gasteiger partial charge in [0.1, 0.15) is 0 Å². The Bertz CT molecular complexity index is 411. The lowest BCUT2D eigenvalue weighted by atomic mass is 9.82. The van der Waals surface area contributed by atoms with Gasteiger partial charge >= 0.3 is 0 Å². The normalized spacial score (nSPS) is 12.8. The summed E-state index contributed by atoms with van der Waals surface area (Å²) in [6.07, 6.45) is 0. The molecule has 104 valence electrons. The topological polar surface area (TPSA) is 75.7 Å². The van der Waals surface area contributed by atoms with Crippen molar-refractivity contribution in [2.24, 2.45) is 11.1 Å². The average Bonchev–Trinajstić information content (AvgIpc) is 2.31. The quantitative estimate of drug-likeness (QED) is 0.798. The van der Waals surface area contributed by atoms with Crippen molar-refractivity contribution >= 4 is 24.0 Å². The van der Waals surface area contributed by atoms with E-state index in [1.165, 1.54) is 7.11 Å². The van der Waals surface area contributed by atoms with Gasteiger partial charge in [0.2, 0.25) is 0 Å². The van der Waals surface area contributed by atoms with Gasteiger partial charge in [0.25, 0.3) is 0 Å². The maximum atomic E-state index is 9.62. The monoisotopic (exact) mass is 295 g/mol. The van der Waals surface area contributed by atoms with Crippen LogP contribution in [0.5, 0.6) is 11.5 Å². The number of benzene rings is 1. The van der Waals surface area contributed by atoms with E-state index >= 15 is 0 Å². The van der Waals surface area contributed by atoms with Crippen molar-refractivity contribution in [2.75, 3.05) is 13.7 Å². The fraction of sp³-hybridized carbons (Fsp3) is 0.500. The molecule has 0 saturated heterocycles. The van der Waals surface area contributed by atoms with Crippen LogP contribution in [0, 0.1) is 5.41 Å². The number of phenols is 1. The van der Waals surface area contributed by atoms with Crippen molar-refractivity contribution in [3.8, 4) is 11.5 Å². The lowest BCUT2D eigenvalue weighted by Crippen LogP contribution is -2.32. The fourth-order valence-electron chi connectivity index (χ4n) is 1.48. The van der Waals surface area contributed by atoms with Crippen LogP contribution < -0.4 is 10.5 Å². The highest BCUT2D eigenvalue weighted by Gasteiger charge is 2.28. The number of ether oxygens (including phenoxy) is 1. The molecule has 6 heteroatoms. The van der Waals surface area contributed by atoms with E-state index in [2.05, 4.69) is 0 Å². The van der Waals surface area contributed by atoms with Gasteiger partial charge in [-0.3, -0.25) is 0 Å². The summed E-state index contributed by atoms with van der Waals surface area (Å²) >= 11 is 5.89. The molecule has 18 heavy (non-hydrogen) atoms. The van der Waals surface area contributed by atoms with Crippen molar-refractivity contribution in [1.29, 1.82) is 0 Å². The van der Waals surface area contributed by atoms with Gasteiger partial charge in [-0.15, -0.1) is 12.4 Å². The highest BCUT2D eigenvalue weighted by molar-refractivity contribution is 6.32. The standard InChI is InChI=1S/C12H18ClNO3.ClH/c1-12(2,6-15)11(14)7-4-8(13)10(16)9(5-7)17-3;/h4-5,11,15-16H,6,14H2,1-3H3;1H/t11-;/m0./s1. The second-order valence-corrected chi connectivity index (χ2v) is 5.09. The average molecular weight is 296 g/mol. The van der Waals surface area contributed by atoms with Crippen LogP contribution in [0.4, 0.5) is 0 Å². The first kappa shape index (κ1) is 17.3. The summed E-state index contributed by atoms with van der Waals surface area (Å²) in [5.41, 5.74) is 6.30. The van der Waals surface area contributed by atoms with Crippen molar-refractivity contribution in [3.63, 3.8) is 0 Å². The summed E-state index contributed by atoms with van der Waals surface area (Å²) in [6.45, 7) is 3.66. The Balaban J connectivity index is 0.00000289. The number of hydrogen-bond donors (Lipinski definition) is 3. The van der Waals surface area contributed by atoms with E-state index < -0.39 is 11.5 Å². The van der Waals surface area contributed by atoms with Gasteiger partial charge in [0.15, 0.2) is 11.5 Å². The smallest absolute Gasteiger partial charge is 0.176 e. The third kappa shape index (κ3) is 3.42. The van der Waals surface area contributed by atoms with Gasteiger partial charge in [-0.25, -0.2) is 0 Å². The summed E-state index contributed by atoms with van der Waals surface area (Å²) in [4.78, 5) is 0. The molecule has 1 rings (SSSR count). The molecule has 0 saturated carbocycles. The number of methoxy groups -OCH3 is 1. The summed E-state index contributed by atoms with van der Waals surface area (Å²) in [7, 11) is 1.44. The Labute approximate surface area is 118 Å². The van der Waals surface area contributed by atoms with Gasteiger partial charge in [0.05, 0.1) is 12.1 Å². The Morgan fingerprint density at radius 3 is 2.44 bits per heavy atom. The van der Waals surface area contributed by atoms with E-state index in [9.17, 15) is 10.2 Å². The molecule has 0 amide bonds. The van der Waals surface area contributed by atoms with Gasteiger partial charge in [0, 0.05) is 18.1 Å². The number of hydrogen-bond acceptors (Lipinski definition) is 4. The van der Waals surface area contributed by atoms with Crippen molar-refractivity contribution in [3.05, 3.63) is 22.7 Å². The number of rotatable bonds is 4. The van der Waals surface area contributed by atoms with Gasteiger partial charge in [-0.05, 0) is 17.7 Å². The first-order valence-corrected chi connectivity index (χ1v) is 5.64. The zero-order valence-corrected chi connectivity index (χ0v) is 12.2. The molecule has 0 aliphatic rings. The van der Waals surface area contributed by atoms with E-state index in [1.54, 1.807) is 12.1 Å². The number of phenolic OH excluding ortho intramolecular Hbond substituents is 1. The van der Waals surface area contributed by atoms with E-state index in [4.69, 9.17) is 22.1 Å². The second kappa shape index (κ2) is 6.48. The van der Waals surface area contributed by atoms with Crippen LogP contribution in [0.1, 0.15) is 25.5 Å². The first-order valence-electron chi connectivity index (χ1n) is 5.26. The van der Waals surface area contributed by atoms with Gasteiger partial charge < -0.3 is 20.7 Å². The van der Waals surface area contributed by atoms with E-state index in [0.29, 0.717) is 5.56 Å². The minimum Gasteiger partial charge on any atom is -0.503 e. The molecule has 4 N–H and O–H groups in total. The number of nitrogens with two attached hydrogens (primary N) is 1. The highest BCUT2D eigenvalue weighted by atomic mass is 35.5. The number of aromatic hydroxyl groups is 1. The summed E-state index contributed by atoms with van der Waals surface area (Å²) in [5, 5.41) is 19.1. The molecule has 1 aromatic rings. The van der Waals surface area contributed by atoms with Crippen LogP contribution in [-0.4, -0.2) is 23.9 Å². The molecular weight excluding hydrogens is 277 g/mol. The Morgan fingerprint density at radius 1 is 1.44 bits per heavy atom. The molecule has 1 aromatic carbocycles. The van der Waals surface area contributed by atoms with Crippen LogP contribution in [0.25, 0.3) is 0 Å². The molecule has 0 unspecified atom stereocenters. The molecule has 0 spiro atoms. The fourth-order valence-corrected chi connectivity index (χ4v) is 1.70. The number of halogens is 2. The summed E-state index contributed by atoms with van der Waals surface area (Å²) in [6, 6.07) is 2.81. The minimum absolute atomic E-state index is 0. The molecule has 0 radical (unpaired) electrons. The SMILES string of the molecule is COc1cc([C@H](N)C(C)(C)CO)cc(Cl)c1O.Cl. The zero-order valence-electron chi connectivity index (χ0n) is 10.6. The Hall–Kier alpha value is -0.680.